The van der Waals surface area contributed by atoms with Crippen molar-refractivity contribution in [3.63, 3.8) is 0 Å². The fraction of sp³-hybridized carbons (Fsp3) is 0.220. The number of phenolic OH excluding ortho intramolecular Hbond substituents is 1. The maximum Gasteiger partial charge on any atom is 1.00 e. The Morgan fingerprint density at radius 2 is 1.21 bits per heavy atom. The van der Waals surface area contributed by atoms with Crippen LogP contribution in [0.2, 0.25) is 0 Å². The van der Waals surface area contributed by atoms with E-state index in [-0.39, 0.29) is 189 Å². The minimum Gasteiger partial charge on any atom is -1.00 e. The Bertz CT molecular complexity index is 3590. The number of thiazole rings is 2. The molecule has 0 bridgehead atoms. The summed E-state index contributed by atoms with van der Waals surface area (Å²) in [6.45, 7) is 3.89. The number of halogens is 7. The van der Waals surface area contributed by atoms with Crippen LogP contribution in [0.3, 0.4) is 0 Å². The van der Waals surface area contributed by atoms with Gasteiger partial charge >= 0.3 is 162 Å². The van der Waals surface area contributed by atoms with Crippen LogP contribution in [-0.2, 0) is 55.3 Å². The van der Waals surface area contributed by atoms with Gasteiger partial charge in [-0.05, 0) is 85.5 Å². The maximum atomic E-state index is 13.1. The SMILES string of the molecule is Cc1nc(-c2ccc(C(F)(F)F)cc2)sc1CCl.Cc1nc(-c2ccc(C(F)(F)F)cc2)sc1COc1ccc([C@H](CC(=O)O)c2ccon2)cc1.O=C(C[C@@H](c1ccc(O)cc1)c1ccon1)N1C(=O)OC[C@@H]1Cc1ccccc1.O=CO[O-].[Cs+].[Cs+].[H-]. The van der Waals surface area contributed by atoms with Crippen molar-refractivity contribution in [1.29, 1.82) is 0 Å². The van der Waals surface area contributed by atoms with Crippen molar-refractivity contribution in [3.8, 4) is 32.6 Å². The summed E-state index contributed by atoms with van der Waals surface area (Å²) in [6.07, 6.45) is -6.04. The third-order valence-electron chi connectivity index (χ3n) is 12.7. The van der Waals surface area contributed by atoms with E-state index in [0.717, 1.165) is 62.1 Å². The van der Waals surface area contributed by atoms with Crippen molar-refractivity contribution >= 4 is 58.7 Å². The van der Waals surface area contributed by atoms with Gasteiger partial charge in [0.1, 0.15) is 47.3 Å². The van der Waals surface area contributed by atoms with Gasteiger partial charge in [-0.2, -0.15) is 26.3 Å². The molecule has 0 saturated carbocycles. The molecular weight excluding hydrogens is 1450 g/mol. The number of carboxylic acid groups (broad SMARTS) is 1. The second-order valence-corrected chi connectivity index (χ2v) is 20.9. The number of aliphatic carboxylic acids is 1. The second kappa shape index (κ2) is 35.0. The van der Waals surface area contributed by atoms with E-state index in [4.69, 9.17) is 40.2 Å². The van der Waals surface area contributed by atoms with Crippen molar-refractivity contribution in [2.24, 2.45) is 0 Å². The molecule has 0 aliphatic carbocycles. The van der Waals surface area contributed by atoms with Crippen molar-refractivity contribution in [1.82, 2.24) is 25.2 Å². The Labute approximate surface area is 625 Å². The molecule has 10 rings (SSSR count). The molecular formula is C59H50ClCs2F6N5O12S2. The molecule has 5 heterocycles. The number of aromatic nitrogens is 4. The molecule has 1 aliphatic rings. The zero-order chi connectivity index (χ0) is 61.3. The van der Waals surface area contributed by atoms with Crippen LogP contribution in [0.15, 0.2) is 161 Å². The van der Waals surface area contributed by atoms with E-state index in [1.54, 1.807) is 60.7 Å². The Morgan fingerprint density at radius 3 is 1.64 bits per heavy atom. The van der Waals surface area contributed by atoms with Gasteiger partial charge in [-0.15, -0.1) is 34.3 Å². The van der Waals surface area contributed by atoms with Crippen LogP contribution in [0, 0.1) is 13.8 Å². The predicted octanol–water partition coefficient (Wildman–Crippen LogP) is 7.23. The summed E-state index contributed by atoms with van der Waals surface area (Å²) in [5.41, 5.74) is 5.18. The zero-order valence-electron chi connectivity index (χ0n) is 47.7. The predicted molar refractivity (Wildman–Crippen MR) is 297 cm³/mol. The number of carboxylic acids is 1. The van der Waals surface area contributed by atoms with Crippen LogP contribution in [-0.4, -0.2) is 72.5 Å². The molecule has 0 spiro atoms. The number of amides is 2. The number of hydrogen-bond donors (Lipinski definition) is 2. The van der Waals surface area contributed by atoms with Crippen molar-refractivity contribution in [2.45, 2.75) is 75.8 Å². The number of cyclic esters (lactones) is 1. The monoisotopic (exact) mass is 1500 g/mol. The number of rotatable bonds is 17. The fourth-order valence-electron chi connectivity index (χ4n) is 8.46. The van der Waals surface area contributed by atoms with E-state index >= 15 is 0 Å². The first kappa shape index (κ1) is 72.9. The van der Waals surface area contributed by atoms with Gasteiger partial charge in [0.2, 0.25) is 5.91 Å². The standard InChI is InChI=1S/C24H19F3N2O4S.C22H20N2O5.C12H9ClF3NS.CH2O3.2Cs.H/c1-14-21(34-23(28-14)16-2-6-17(7-3-16)24(25,26)27)13-32-18-8-4-15(5-9-18)19(12-22(30)31)20-10-11-33-29-20;25-18-8-6-16(7-9-18)19(20-10-11-29-23-20)13-21(26)24-17(14-28-22(24)27)12-15-4-2-1-3-5-15;1-7-10(6-13)18-11(17-7)8-2-4-9(5-3-8)12(14,15)16;2-1-4-3;;;/h2-11,19H,12-13H2,1H3,(H,30,31);1-11,17,19,25H,12-14H2;2-5H,6H2,1H3;1,3H;;;/q;;;;2*+1;-1/p-1/t19-;17-,19-;;;;;/m00...../s1. The molecule has 4 aromatic heterocycles. The number of ether oxygens (including phenoxy) is 2. The first-order valence-corrected chi connectivity index (χ1v) is 27.4. The van der Waals surface area contributed by atoms with E-state index in [1.165, 1.54) is 64.4 Å². The fourth-order valence-corrected chi connectivity index (χ4v) is 10.7. The zero-order valence-corrected chi connectivity index (χ0v) is 61.6. The normalized spacial score (nSPS) is 13.3. The number of phenols is 1. The molecule has 1 aliphatic heterocycles. The number of carbonyl (C=O) groups is 4. The summed E-state index contributed by atoms with van der Waals surface area (Å²) in [5.74, 6) is -1.06. The number of benzene rings is 5. The number of aryl methyl sites for hydroxylation is 2. The van der Waals surface area contributed by atoms with Crippen LogP contribution in [0.5, 0.6) is 11.5 Å². The first-order valence-electron chi connectivity index (χ1n) is 25.3. The summed E-state index contributed by atoms with van der Waals surface area (Å²) in [6, 6.07) is 36.2. The molecule has 3 atom stereocenters. The third kappa shape index (κ3) is 21.4. The van der Waals surface area contributed by atoms with Gasteiger partial charge in [0, 0.05) is 46.4 Å². The summed E-state index contributed by atoms with van der Waals surface area (Å²) in [5, 5.41) is 36.4. The van der Waals surface area contributed by atoms with Crippen LogP contribution in [0.1, 0.15) is 86.5 Å². The van der Waals surface area contributed by atoms with E-state index < -0.39 is 47.4 Å². The smallest absolute Gasteiger partial charge is 1.00 e. The average molecular weight is 1500 g/mol. The van der Waals surface area contributed by atoms with Gasteiger partial charge in [0.05, 0.1) is 57.1 Å². The molecule has 87 heavy (non-hydrogen) atoms. The molecule has 2 amide bonds. The number of nitrogens with zero attached hydrogens (tertiary/aromatic N) is 5. The summed E-state index contributed by atoms with van der Waals surface area (Å²) < 4.78 is 96.4. The Balaban J connectivity index is 0.000000279. The quantitative estimate of drug-likeness (QED) is 0.0300. The molecule has 28 heteroatoms. The summed E-state index contributed by atoms with van der Waals surface area (Å²) in [4.78, 5) is 59.7. The molecule has 0 radical (unpaired) electrons. The average Bonchev–Trinajstić information content (AvgIpc) is 4.43. The number of imide groups is 1. The minimum atomic E-state index is -4.38. The van der Waals surface area contributed by atoms with E-state index in [9.17, 15) is 50.9 Å². The maximum absolute atomic E-state index is 13.1. The Morgan fingerprint density at radius 1 is 0.736 bits per heavy atom. The molecule has 1 fully saturated rings. The number of hydrogen-bond acceptors (Lipinski definition) is 17. The van der Waals surface area contributed by atoms with Gasteiger partial charge < -0.3 is 40.3 Å². The van der Waals surface area contributed by atoms with Gasteiger partial charge in [0.15, 0.2) is 0 Å². The summed E-state index contributed by atoms with van der Waals surface area (Å²) >= 11 is 8.50. The molecule has 5 aromatic carbocycles. The number of carbonyl (C=O) groups excluding carboxylic acids is 3. The van der Waals surface area contributed by atoms with Crippen LogP contribution in [0.4, 0.5) is 31.1 Å². The number of aromatic hydroxyl groups is 1. The second-order valence-electron chi connectivity index (χ2n) is 18.4. The van der Waals surface area contributed by atoms with Crippen LogP contribution >= 0.6 is 34.3 Å². The van der Waals surface area contributed by atoms with Crippen LogP contribution < -0.4 is 148 Å². The van der Waals surface area contributed by atoms with E-state index in [2.05, 4.69) is 25.2 Å². The minimum absolute atomic E-state index is 0. The summed E-state index contributed by atoms with van der Waals surface area (Å²) in [7, 11) is 0. The van der Waals surface area contributed by atoms with Gasteiger partial charge in [0.25, 0.3) is 6.47 Å². The molecule has 9 aromatic rings. The number of alkyl halides is 7. The van der Waals surface area contributed by atoms with Crippen LogP contribution in [0.25, 0.3) is 21.1 Å². The topological polar surface area (TPSA) is 241 Å². The Kier molecular flexibility index (Phi) is 29.3. The van der Waals surface area contributed by atoms with Gasteiger partial charge in [-0.3, -0.25) is 14.4 Å². The van der Waals surface area contributed by atoms with Gasteiger partial charge in [-0.1, -0.05) is 89.2 Å². The molecule has 17 nitrogen and oxygen atoms in total. The van der Waals surface area contributed by atoms with Crippen molar-refractivity contribution < 1.29 is 224 Å². The largest absolute Gasteiger partial charge is 1.00 e. The first-order chi connectivity index (χ1) is 40.6. The Hall–Kier alpha value is -4.81. The van der Waals surface area contributed by atoms with Gasteiger partial charge in [-0.25, -0.2) is 19.7 Å². The van der Waals surface area contributed by atoms with Crippen molar-refractivity contribution in [2.75, 3.05) is 6.61 Å². The van der Waals surface area contributed by atoms with Crippen molar-refractivity contribution in [3.05, 3.63) is 212 Å². The van der Waals surface area contributed by atoms with E-state index in [0.29, 0.717) is 50.6 Å². The molecule has 2 N–H and O–H groups in total. The molecule has 446 valence electrons. The molecule has 0 unspecified atom stereocenters. The molecule has 1 saturated heterocycles. The van der Waals surface area contributed by atoms with E-state index in [1.807, 2.05) is 44.2 Å². The third-order valence-corrected chi connectivity index (χ3v) is 15.6.